The number of pyridine rings is 1. The Balaban J connectivity index is 2.09. The maximum Gasteiger partial charge on any atom is 0.387 e. The van der Waals surface area contributed by atoms with Crippen LogP contribution in [0.3, 0.4) is 0 Å². The smallest absolute Gasteiger partial charge is 0.387 e. The molecule has 0 fully saturated rings. The molecule has 0 spiro atoms. The molecule has 0 unspecified atom stereocenters. The average molecular weight is 359 g/mol. The SMILES string of the molecule is COc1ccc(NCc2cccc(Br)n2)cc1OC(F)F. The van der Waals surface area contributed by atoms with Gasteiger partial charge in [-0.3, -0.25) is 0 Å². The molecule has 7 heteroatoms. The highest BCUT2D eigenvalue weighted by atomic mass is 79.9. The molecular formula is C14H13BrF2N2O2. The number of halogens is 3. The molecule has 0 amide bonds. The summed E-state index contributed by atoms with van der Waals surface area (Å²) in [5, 5.41) is 3.09. The van der Waals surface area contributed by atoms with E-state index in [0.717, 1.165) is 10.3 Å². The Morgan fingerprint density at radius 2 is 2.05 bits per heavy atom. The number of alkyl halides is 2. The van der Waals surface area contributed by atoms with Crippen molar-refractivity contribution in [3.63, 3.8) is 0 Å². The van der Waals surface area contributed by atoms with Crippen LogP contribution in [0.2, 0.25) is 0 Å². The van der Waals surface area contributed by atoms with Crippen LogP contribution in [0.15, 0.2) is 41.0 Å². The number of aromatic nitrogens is 1. The number of nitrogens with one attached hydrogen (secondary N) is 1. The molecule has 0 aliphatic heterocycles. The first-order valence-corrected chi connectivity index (χ1v) is 6.86. The van der Waals surface area contributed by atoms with Gasteiger partial charge in [-0.1, -0.05) is 6.07 Å². The second-order valence-electron chi connectivity index (χ2n) is 4.05. The van der Waals surface area contributed by atoms with Crippen molar-refractivity contribution in [2.45, 2.75) is 13.2 Å². The van der Waals surface area contributed by atoms with Crippen molar-refractivity contribution < 1.29 is 18.3 Å². The Morgan fingerprint density at radius 1 is 1.24 bits per heavy atom. The van der Waals surface area contributed by atoms with Crippen molar-refractivity contribution in [2.75, 3.05) is 12.4 Å². The van der Waals surface area contributed by atoms with Crippen LogP contribution >= 0.6 is 15.9 Å². The standard InChI is InChI=1S/C14H13BrF2N2O2/c1-20-11-6-5-9(7-12(11)21-14(16)17)18-8-10-3-2-4-13(15)19-10/h2-7,14,18H,8H2,1H3. The maximum atomic E-state index is 12.4. The van der Waals surface area contributed by atoms with Gasteiger partial charge in [0.25, 0.3) is 0 Å². The number of rotatable bonds is 6. The van der Waals surface area contributed by atoms with E-state index in [1.54, 1.807) is 12.1 Å². The zero-order valence-corrected chi connectivity index (χ0v) is 12.7. The lowest BCUT2D eigenvalue weighted by atomic mass is 10.2. The third-order valence-electron chi connectivity index (χ3n) is 2.63. The molecule has 4 nitrogen and oxygen atoms in total. The molecule has 112 valence electrons. The van der Waals surface area contributed by atoms with Gasteiger partial charge in [0.2, 0.25) is 0 Å². The molecule has 2 aromatic rings. The molecule has 1 N–H and O–H groups in total. The summed E-state index contributed by atoms with van der Waals surface area (Å²) in [5.41, 5.74) is 1.45. The third-order valence-corrected chi connectivity index (χ3v) is 3.07. The topological polar surface area (TPSA) is 43.4 Å². The molecule has 2 rings (SSSR count). The predicted molar refractivity (Wildman–Crippen MR) is 78.9 cm³/mol. The van der Waals surface area contributed by atoms with Gasteiger partial charge in [0, 0.05) is 11.8 Å². The summed E-state index contributed by atoms with van der Waals surface area (Å²) in [7, 11) is 1.40. The van der Waals surface area contributed by atoms with Gasteiger partial charge < -0.3 is 14.8 Å². The van der Waals surface area contributed by atoms with E-state index in [2.05, 4.69) is 31.0 Å². The van der Waals surface area contributed by atoms with Gasteiger partial charge in [-0.25, -0.2) is 4.98 Å². The fourth-order valence-corrected chi connectivity index (χ4v) is 2.10. The average Bonchev–Trinajstić information content (AvgIpc) is 2.45. The molecule has 1 aromatic heterocycles. The van der Waals surface area contributed by atoms with Crippen molar-refractivity contribution in [3.05, 3.63) is 46.7 Å². The summed E-state index contributed by atoms with van der Waals surface area (Å²) in [6.07, 6.45) is 0. The minimum Gasteiger partial charge on any atom is -0.493 e. The van der Waals surface area contributed by atoms with Crippen molar-refractivity contribution in [1.82, 2.24) is 4.98 Å². The highest BCUT2D eigenvalue weighted by Crippen LogP contribution is 2.31. The van der Waals surface area contributed by atoms with Gasteiger partial charge in [0.05, 0.1) is 19.3 Å². The van der Waals surface area contributed by atoms with E-state index in [1.807, 2.05) is 18.2 Å². The van der Waals surface area contributed by atoms with Crippen LogP contribution in [-0.4, -0.2) is 18.7 Å². The molecular weight excluding hydrogens is 346 g/mol. The van der Waals surface area contributed by atoms with Crippen LogP contribution in [-0.2, 0) is 6.54 Å². The lowest BCUT2D eigenvalue weighted by molar-refractivity contribution is -0.0511. The first-order chi connectivity index (χ1) is 10.1. The largest absolute Gasteiger partial charge is 0.493 e. The third kappa shape index (κ3) is 4.56. The number of anilines is 1. The van der Waals surface area contributed by atoms with Gasteiger partial charge in [-0.05, 0) is 40.2 Å². The quantitative estimate of drug-likeness (QED) is 0.790. The summed E-state index contributed by atoms with van der Waals surface area (Å²) >= 11 is 3.29. The van der Waals surface area contributed by atoms with Crippen LogP contribution in [0.4, 0.5) is 14.5 Å². The molecule has 0 aliphatic carbocycles. The van der Waals surface area contributed by atoms with Crippen molar-refractivity contribution in [1.29, 1.82) is 0 Å². The van der Waals surface area contributed by atoms with Crippen LogP contribution < -0.4 is 14.8 Å². The molecule has 21 heavy (non-hydrogen) atoms. The van der Waals surface area contributed by atoms with Crippen molar-refractivity contribution in [2.24, 2.45) is 0 Å². The zero-order valence-electron chi connectivity index (χ0n) is 11.1. The van der Waals surface area contributed by atoms with Gasteiger partial charge in [-0.2, -0.15) is 8.78 Å². The Morgan fingerprint density at radius 3 is 2.71 bits per heavy atom. The summed E-state index contributed by atoms with van der Waals surface area (Å²) in [6.45, 7) is -2.44. The first kappa shape index (κ1) is 15.5. The Kier molecular flexibility index (Phi) is 5.32. The predicted octanol–water partition coefficient (Wildman–Crippen LogP) is 4.07. The Labute approximate surface area is 129 Å². The lowest BCUT2D eigenvalue weighted by Gasteiger charge is -2.12. The minimum absolute atomic E-state index is 0.0142. The van der Waals surface area contributed by atoms with Crippen LogP contribution in [0.5, 0.6) is 11.5 Å². The zero-order chi connectivity index (χ0) is 15.2. The van der Waals surface area contributed by atoms with Gasteiger partial charge >= 0.3 is 6.61 Å². The van der Waals surface area contributed by atoms with Gasteiger partial charge in [0.1, 0.15) is 4.60 Å². The Bertz CT molecular complexity index is 611. The second kappa shape index (κ2) is 7.21. The fraction of sp³-hybridized carbons (Fsp3) is 0.214. The van der Waals surface area contributed by atoms with Crippen molar-refractivity contribution >= 4 is 21.6 Å². The summed E-state index contributed by atoms with van der Waals surface area (Å²) in [6, 6.07) is 10.3. The molecule has 0 aliphatic rings. The molecule has 0 bridgehead atoms. The molecule has 0 atom stereocenters. The molecule has 0 saturated carbocycles. The number of hydrogen-bond acceptors (Lipinski definition) is 4. The minimum atomic E-state index is -2.90. The van der Waals surface area contributed by atoms with E-state index in [4.69, 9.17) is 4.74 Å². The monoisotopic (exact) mass is 358 g/mol. The van der Waals surface area contributed by atoms with Gasteiger partial charge in [0.15, 0.2) is 11.5 Å². The normalized spacial score (nSPS) is 10.5. The lowest BCUT2D eigenvalue weighted by Crippen LogP contribution is -2.05. The maximum absolute atomic E-state index is 12.4. The van der Waals surface area contributed by atoms with Crippen LogP contribution in [0.1, 0.15) is 5.69 Å². The number of benzene rings is 1. The van der Waals surface area contributed by atoms with Crippen LogP contribution in [0.25, 0.3) is 0 Å². The number of nitrogens with zero attached hydrogens (tertiary/aromatic N) is 1. The van der Waals surface area contributed by atoms with E-state index in [-0.39, 0.29) is 11.5 Å². The summed E-state index contributed by atoms with van der Waals surface area (Å²) in [5.74, 6) is 0.237. The van der Waals surface area contributed by atoms with Gasteiger partial charge in [-0.15, -0.1) is 0 Å². The fourth-order valence-electron chi connectivity index (χ4n) is 1.72. The van der Waals surface area contributed by atoms with E-state index in [0.29, 0.717) is 12.2 Å². The molecule has 0 saturated heterocycles. The second-order valence-corrected chi connectivity index (χ2v) is 4.86. The van der Waals surface area contributed by atoms with E-state index >= 15 is 0 Å². The van der Waals surface area contributed by atoms with E-state index < -0.39 is 6.61 Å². The van der Waals surface area contributed by atoms with Crippen LogP contribution in [0, 0.1) is 0 Å². The molecule has 1 aromatic carbocycles. The number of hydrogen-bond donors (Lipinski definition) is 1. The number of methoxy groups -OCH3 is 1. The van der Waals surface area contributed by atoms with Crippen molar-refractivity contribution in [3.8, 4) is 11.5 Å². The summed E-state index contributed by atoms with van der Waals surface area (Å²) < 4.78 is 34.8. The number of ether oxygens (including phenoxy) is 2. The summed E-state index contributed by atoms with van der Waals surface area (Å²) in [4.78, 5) is 4.27. The Hall–Kier alpha value is -1.89. The van der Waals surface area contributed by atoms with E-state index in [1.165, 1.54) is 13.2 Å². The molecule has 1 heterocycles. The first-order valence-electron chi connectivity index (χ1n) is 6.06. The highest BCUT2D eigenvalue weighted by molar-refractivity contribution is 9.10. The molecule has 0 radical (unpaired) electrons. The van der Waals surface area contributed by atoms with E-state index in [9.17, 15) is 8.78 Å². The highest BCUT2D eigenvalue weighted by Gasteiger charge is 2.11.